The fourth-order valence-electron chi connectivity index (χ4n) is 1.83. The summed E-state index contributed by atoms with van der Waals surface area (Å²) in [4.78, 5) is 14.2. The second-order valence-corrected chi connectivity index (χ2v) is 4.23. The van der Waals surface area contributed by atoms with Gasteiger partial charge < -0.3 is 20.1 Å². The molecule has 2 rings (SSSR count). The molecule has 7 nitrogen and oxygen atoms in total. The molecule has 2 heterocycles. The van der Waals surface area contributed by atoms with Crippen molar-refractivity contribution in [2.24, 2.45) is 0 Å². The molecule has 0 aliphatic carbocycles. The maximum Gasteiger partial charge on any atom is 0.328 e. The van der Waals surface area contributed by atoms with Crippen LogP contribution in [0.4, 0.5) is 0 Å². The van der Waals surface area contributed by atoms with Gasteiger partial charge in [-0.05, 0) is 12.8 Å². The molecule has 0 amide bonds. The number of terminal acetylenes is 1. The van der Waals surface area contributed by atoms with Gasteiger partial charge in [0.2, 0.25) is 0 Å². The van der Waals surface area contributed by atoms with Gasteiger partial charge in [0.1, 0.15) is 10.9 Å². The van der Waals surface area contributed by atoms with E-state index in [2.05, 4.69) is 10.9 Å². The third-order valence-electron chi connectivity index (χ3n) is 2.72. The summed E-state index contributed by atoms with van der Waals surface area (Å²) in [7, 11) is 2.00. The third kappa shape index (κ3) is 5.08. The Balaban J connectivity index is 0.000000921. The molecular formula is C13H20N2O5S. The van der Waals surface area contributed by atoms with Crippen LogP contribution in [0.1, 0.15) is 24.6 Å². The van der Waals surface area contributed by atoms with Gasteiger partial charge >= 0.3 is 5.69 Å². The Labute approximate surface area is 127 Å². The molecule has 4 N–H and O–H groups in total. The number of ether oxygens (including phenoxy) is 1. The van der Waals surface area contributed by atoms with E-state index in [0.29, 0.717) is 18.4 Å². The van der Waals surface area contributed by atoms with E-state index < -0.39 is 6.23 Å². The summed E-state index contributed by atoms with van der Waals surface area (Å²) in [6.07, 6.45) is 7.58. The Morgan fingerprint density at radius 1 is 1.48 bits per heavy atom. The number of aromatic amines is 1. The number of hydrogen-bond donors (Lipinski definition) is 4. The summed E-state index contributed by atoms with van der Waals surface area (Å²) < 4.78 is 7.15. The van der Waals surface area contributed by atoms with Gasteiger partial charge in [-0.2, -0.15) is 0 Å². The zero-order chi connectivity index (χ0) is 16.4. The lowest BCUT2D eigenvalue weighted by atomic mass is 10.2. The van der Waals surface area contributed by atoms with Crippen molar-refractivity contribution in [1.29, 1.82) is 0 Å². The number of H-pyrrole nitrogens is 1. The van der Waals surface area contributed by atoms with Gasteiger partial charge in [-0.1, -0.05) is 18.1 Å². The number of aromatic nitrogens is 2. The molecule has 0 bridgehead atoms. The second kappa shape index (κ2) is 10.3. The average molecular weight is 316 g/mol. The molecule has 118 valence electrons. The molecule has 1 saturated heterocycles. The highest BCUT2D eigenvalue weighted by molar-refractivity contribution is 7.71. The second-order valence-electron chi connectivity index (χ2n) is 3.83. The zero-order valence-corrected chi connectivity index (χ0v) is 12.8. The van der Waals surface area contributed by atoms with Crippen LogP contribution in [0.2, 0.25) is 0 Å². The molecular weight excluding hydrogens is 296 g/mol. The van der Waals surface area contributed by atoms with Crippen molar-refractivity contribution in [1.82, 2.24) is 9.55 Å². The largest absolute Gasteiger partial charge is 0.400 e. The van der Waals surface area contributed by atoms with Crippen LogP contribution in [0.15, 0.2) is 11.0 Å². The first kappa shape index (κ1) is 19.5. The third-order valence-corrected chi connectivity index (χ3v) is 3.04. The van der Waals surface area contributed by atoms with Crippen molar-refractivity contribution >= 4 is 12.2 Å². The Morgan fingerprint density at radius 3 is 2.57 bits per heavy atom. The van der Waals surface area contributed by atoms with Gasteiger partial charge in [0, 0.05) is 20.4 Å². The van der Waals surface area contributed by atoms with E-state index >= 15 is 0 Å². The van der Waals surface area contributed by atoms with E-state index in [4.69, 9.17) is 38.7 Å². The van der Waals surface area contributed by atoms with Crippen molar-refractivity contribution in [3.63, 3.8) is 0 Å². The predicted octanol–water partition coefficient (Wildman–Crippen LogP) is -0.226. The van der Waals surface area contributed by atoms with E-state index in [1.165, 1.54) is 10.8 Å². The molecule has 2 unspecified atom stereocenters. The van der Waals surface area contributed by atoms with Crippen LogP contribution in [-0.4, -0.2) is 51.8 Å². The summed E-state index contributed by atoms with van der Waals surface area (Å²) in [6, 6.07) is 0. The summed E-state index contributed by atoms with van der Waals surface area (Å²) in [5.41, 5.74) is 0.105. The number of aliphatic hydroxyl groups is 3. The molecule has 0 aromatic carbocycles. The van der Waals surface area contributed by atoms with Gasteiger partial charge in [-0.25, -0.2) is 4.79 Å². The fraction of sp³-hybridized carbons (Fsp3) is 0.538. The van der Waals surface area contributed by atoms with Crippen LogP contribution in [-0.2, 0) is 4.74 Å². The van der Waals surface area contributed by atoms with Crippen molar-refractivity contribution < 1.29 is 20.1 Å². The monoisotopic (exact) mass is 316 g/mol. The molecule has 21 heavy (non-hydrogen) atoms. The Kier molecular flexibility index (Phi) is 9.53. The molecule has 1 aromatic rings. The molecule has 1 fully saturated rings. The normalized spacial score (nSPS) is 19.6. The maximum absolute atomic E-state index is 11.7. The highest BCUT2D eigenvalue weighted by Gasteiger charge is 2.26. The van der Waals surface area contributed by atoms with E-state index in [-0.39, 0.29) is 23.0 Å². The minimum atomic E-state index is -0.390. The maximum atomic E-state index is 11.7. The van der Waals surface area contributed by atoms with Gasteiger partial charge in [0.05, 0.1) is 18.3 Å². The van der Waals surface area contributed by atoms with E-state index in [9.17, 15) is 4.79 Å². The number of aliphatic hydroxyl groups excluding tert-OH is 3. The minimum Gasteiger partial charge on any atom is -0.400 e. The van der Waals surface area contributed by atoms with Gasteiger partial charge in [0.15, 0.2) is 0 Å². The lowest BCUT2D eigenvalue weighted by Crippen LogP contribution is -2.28. The Bertz CT molecular complexity index is 575. The Hall–Kier alpha value is -1.50. The van der Waals surface area contributed by atoms with Crippen molar-refractivity contribution in [3.05, 3.63) is 26.9 Å². The van der Waals surface area contributed by atoms with E-state index in [1.54, 1.807) is 0 Å². The van der Waals surface area contributed by atoms with Crippen LogP contribution < -0.4 is 5.69 Å². The number of nitrogens with one attached hydrogen (secondary N) is 1. The number of nitrogens with zero attached hydrogens (tertiary/aromatic N) is 1. The first-order chi connectivity index (χ1) is 10.2. The molecule has 1 aromatic heterocycles. The highest BCUT2D eigenvalue weighted by atomic mass is 32.1. The van der Waals surface area contributed by atoms with Crippen LogP contribution in [0, 0.1) is 17.0 Å². The Morgan fingerprint density at radius 2 is 2.10 bits per heavy atom. The van der Waals surface area contributed by atoms with Crippen molar-refractivity contribution in [3.8, 4) is 12.3 Å². The molecule has 2 atom stereocenters. The zero-order valence-electron chi connectivity index (χ0n) is 11.9. The molecule has 0 radical (unpaired) electrons. The van der Waals surface area contributed by atoms with Crippen LogP contribution >= 0.6 is 12.2 Å². The van der Waals surface area contributed by atoms with Gasteiger partial charge in [-0.3, -0.25) is 9.55 Å². The standard InChI is InChI=1S/C11H12N2O3S.2CH4O/c1-2-7-5-13(11(15)12-10(7)17)9-4-3-8(6-14)16-9;2*1-2/h1,5,8-9,14H,3-4,6H2,(H,12,15,17);2*2H,1H3. The SMILES string of the molecule is C#Cc1cn(C2CCC(CO)O2)c(=O)[nH]c1=S.CO.CO. The molecule has 1 aliphatic rings. The van der Waals surface area contributed by atoms with Crippen molar-refractivity contribution in [2.45, 2.75) is 25.2 Å². The lowest BCUT2D eigenvalue weighted by Gasteiger charge is -2.15. The van der Waals surface area contributed by atoms with Crippen LogP contribution in [0.5, 0.6) is 0 Å². The molecule has 8 heteroatoms. The van der Waals surface area contributed by atoms with Crippen LogP contribution in [0.25, 0.3) is 0 Å². The summed E-state index contributed by atoms with van der Waals surface area (Å²) in [5, 5.41) is 23.0. The number of hydrogen-bond acceptors (Lipinski definition) is 6. The minimum absolute atomic E-state index is 0.0456. The fourth-order valence-corrected chi connectivity index (χ4v) is 2.03. The average Bonchev–Trinajstić information content (AvgIpc) is 3.00. The van der Waals surface area contributed by atoms with Crippen LogP contribution in [0.3, 0.4) is 0 Å². The predicted molar refractivity (Wildman–Crippen MR) is 80.3 cm³/mol. The highest BCUT2D eigenvalue weighted by Crippen LogP contribution is 2.26. The summed E-state index contributed by atoms with van der Waals surface area (Å²) in [6.45, 7) is -0.0456. The topological polar surface area (TPSA) is 108 Å². The van der Waals surface area contributed by atoms with Gasteiger partial charge in [0.25, 0.3) is 0 Å². The summed E-state index contributed by atoms with van der Waals surface area (Å²) >= 11 is 4.93. The first-order valence-corrected chi connectivity index (χ1v) is 6.54. The van der Waals surface area contributed by atoms with Gasteiger partial charge in [-0.15, -0.1) is 6.42 Å². The van der Waals surface area contributed by atoms with E-state index in [0.717, 1.165) is 14.2 Å². The lowest BCUT2D eigenvalue weighted by molar-refractivity contribution is -0.0246. The molecule has 0 saturated carbocycles. The quantitative estimate of drug-likeness (QED) is 0.444. The number of rotatable bonds is 2. The summed E-state index contributed by atoms with van der Waals surface area (Å²) in [5.74, 6) is 2.41. The molecule has 1 aliphatic heterocycles. The first-order valence-electron chi connectivity index (χ1n) is 6.13. The molecule has 0 spiro atoms. The smallest absolute Gasteiger partial charge is 0.328 e. The van der Waals surface area contributed by atoms with Crippen molar-refractivity contribution in [2.75, 3.05) is 20.8 Å². The van der Waals surface area contributed by atoms with E-state index in [1.807, 2.05) is 0 Å².